The lowest BCUT2D eigenvalue weighted by atomic mass is 9.82. The fourth-order valence-electron chi connectivity index (χ4n) is 6.11. The van der Waals surface area contributed by atoms with Crippen molar-refractivity contribution in [2.24, 2.45) is 0 Å². The van der Waals surface area contributed by atoms with Crippen LogP contribution < -0.4 is 4.90 Å². The van der Waals surface area contributed by atoms with Gasteiger partial charge in [0.25, 0.3) is 0 Å². The van der Waals surface area contributed by atoms with E-state index in [0.717, 1.165) is 39.6 Å². The van der Waals surface area contributed by atoms with Crippen molar-refractivity contribution in [1.82, 2.24) is 9.97 Å². The molecule has 41 heavy (non-hydrogen) atoms. The largest absolute Gasteiger partial charge is 0.310 e. The third-order valence-electron chi connectivity index (χ3n) is 8.21. The average molecular weight is 530 g/mol. The van der Waals surface area contributed by atoms with E-state index in [2.05, 4.69) is 139 Å². The summed E-state index contributed by atoms with van der Waals surface area (Å²) in [6.07, 6.45) is 3.73. The predicted octanol–water partition coefficient (Wildman–Crippen LogP) is 9.90. The van der Waals surface area contributed by atoms with Crippen LogP contribution in [-0.2, 0) is 5.41 Å². The smallest absolute Gasteiger partial charge is 0.0705 e. The molecule has 0 fully saturated rings. The first kappa shape index (κ1) is 25.0. The summed E-state index contributed by atoms with van der Waals surface area (Å²) in [5.74, 6) is 0. The minimum Gasteiger partial charge on any atom is -0.310 e. The topological polar surface area (TPSA) is 29.0 Å². The summed E-state index contributed by atoms with van der Waals surface area (Å²) in [5.41, 5.74) is 13.9. The molecule has 0 spiro atoms. The molecule has 1 aliphatic carbocycles. The Morgan fingerprint density at radius 1 is 0.512 bits per heavy atom. The summed E-state index contributed by atoms with van der Waals surface area (Å²) in [4.78, 5) is 11.6. The zero-order chi connectivity index (χ0) is 28.0. The van der Waals surface area contributed by atoms with Crippen molar-refractivity contribution in [2.75, 3.05) is 4.90 Å². The number of aryl methyl sites for hydroxylation is 1. The molecular formula is C38H31N3. The summed E-state index contributed by atoms with van der Waals surface area (Å²) < 4.78 is 0. The van der Waals surface area contributed by atoms with Gasteiger partial charge in [-0.3, -0.25) is 9.97 Å². The van der Waals surface area contributed by atoms with Gasteiger partial charge in [0.2, 0.25) is 0 Å². The van der Waals surface area contributed by atoms with Crippen LogP contribution in [0.3, 0.4) is 0 Å². The Morgan fingerprint density at radius 3 is 1.90 bits per heavy atom. The molecule has 6 aromatic rings. The molecule has 4 aromatic carbocycles. The molecular weight excluding hydrogens is 498 g/mol. The fourth-order valence-corrected chi connectivity index (χ4v) is 6.11. The Hall–Kier alpha value is -5.02. The van der Waals surface area contributed by atoms with Crippen LogP contribution in [0.25, 0.3) is 33.6 Å². The summed E-state index contributed by atoms with van der Waals surface area (Å²) in [7, 11) is 0. The van der Waals surface area contributed by atoms with Gasteiger partial charge in [0.1, 0.15) is 0 Å². The van der Waals surface area contributed by atoms with Gasteiger partial charge in [0.05, 0.1) is 11.4 Å². The minimum absolute atomic E-state index is 0.0866. The van der Waals surface area contributed by atoms with Crippen LogP contribution >= 0.6 is 0 Å². The molecule has 0 unspecified atom stereocenters. The Balaban J connectivity index is 1.41. The molecule has 3 heteroatoms. The zero-order valence-corrected chi connectivity index (χ0v) is 23.5. The molecule has 1 aliphatic rings. The second-order valence-corrected chi connectivity index (χ2v) is 11.3. The monoisotopic (exact) mass is 529 g/mol. The average Bonchev–Trinajstić information content (AvgIpc) is 3.24. The maximum absolute atomic E-state index is 4.67. The van der Waals surface area contributed by atoms with Gasteiger partial charge < -0.3 is 4.90 Å². The molecule has 7 rings (SSSR count). The number of hydrogen-bond donors (Lipinski definition) is 0. The first-order valence-electron chi connectivity index (χ1n) is 14.1. The fraction of sp³-hybridized carbons (Fsp3) is 0.105. The highest BCUT2D eigenvalue weighted by Crippen LogP contribution is 2.50. The van der Waals surface area contributed by atoms with E-state index >= 15 is 0 Å². The van der Waals surface area contributed by atoms with E-state index in [-0.39, 0.29) is 5.41 Å². The van der Waals surface area contributed by atoms with Crippen molar-refractivity contribution >= 4 is 17.1 Å². The van der Waals surface area contributed by atoms with Crippen molar-refractivity contribution in [3.05, 3.63) is 150 Å². The Labute approximate surface area is 241 Å². The van der Waals surface area contributed by atoms with Crippen LogP contribution in [0.1, 0.15) is 30.5 Å². The summed E-state index contributed by atoms with van der Waals surface area (Å²) in [6, 6.07) is 43.3. The van der Waals surface area contributed by atoms with Crippen molar-refractivity contribution in [3.63, 3.8) is 0 Å². The molecule has 3 nitrogen and oxygen atoms in total. The Bertz CT molecular complexity index is 1890. The molecule has 0 radical (unpaired) electrons. The van der Waals surface area contributed by atoms with Gasteiger partial charge in [0, 0.05) is 46.0 Å². The van der Waals surface area contributed by atoms with E-state index in [1.54, 1.807) is 0 Å². The maximum Gasteiger partial charge on any atom is 0.0705 e. The normalized spacial score (nSPS) is 13.0. The quantitative estimate of drug-likeness (QED) is 0.222. The second kappa shape index (κ2) is 9.87. The van der Waals surface area contributed by atoms with Crippen molar-refractivity contribution in [2.45, 2.75) is 26.2 Å². The lowest BCUT2D eigenvalue weighted by Crippen LogP contribution is -2.16. The molecule has 0 N–H and O–H groups in total. The summed E-state index contributed by atoms with van der Waals surface area (Å²) in [6.45, 7) is 6.77. The molecule has 0 amide bonds. The van der Waals surface area contributed by atoms with Crippen LogP contribution in [0.2, 0.25) is 0 Å². The van der Waals surface area contributed by atoms with Crippen LogP contribution in [-0.4, -0.2) is 9.97 Å². The molecule has 0 atom stereocenters. The number of nitrogens with zero attached hydrogens (tertiary/aromatic N) is 3. The number of rotatable bonds is 5. The van der Waals surface area contributed by atoms with E-state index in [0.29, 0.717) is 0 Å². The van der Waals surface area contributed by atoms with Crippen LogP contribution in [0.4, 0.5) is 17.1 Å². The van der Waals surface area contributed by atoms with Crippen LogP contribution in [0.15, 0.2) is 134 Å². The van der Waals surface area contributed by atoms with E-state index in [1.807, 2.05) is 30.6 Å². The first-order chi connectivity index (χ1) is 20.0. The van der Waals surface area contributed by atoms with Gasteiger partial charge in [0.15, 0.2) is 0 Å². The lowest BCUT2D eigenvalue weighted by Gasteiger charge is -2.28. The lowest BCUT2D eigenvalue weighted by molar-refractivity contribution is 0.660. The van der Waals surface area contributed by atoms with Gasteiger partial charge >= 0.3 is 0 Å². The third-order valence-corrected chi connectivity index (χ3v) is 8.21. The highest BCUT2D eigenvalue weighted by Gasteiger charge is 2.35. The predicted molar refractivity (Wildman–Crippen MR) is 170 cm³/mol. The number of pyridine rings is 2. The molecule has 0 bridgehead atoms. The third kappa shape index (κ3) is 4.40. The van der Waals surface area contributed by atoms with E-state index in [9.17, 15) is 0 Å². The molecule has 2 aromatic heterocycles. The van der Waals surface area contributed by atoms with Crippen molar-refractivity contribution < 1.29 is 0 Å². The van der Waals surface area contributed by atoms with E-state index in [1.165, 1.54) is 27.8 Å². The van der Waals surface area contributed by atoms with Gasteiger partial charge in [-0.05, 0) is 95.4 Å². The molecule has 2 heterocycles. The van der Waals surface area contributed by atoms with Crippen LogP contribution in [0.5, 0.6) is 0 Å². The SMILES string of the molecule is Cc1ccnc(-c2cccc(N(c3cccc(-c4ccccn4)c3)c3ccc4c(c3)C(C)(C)c3ccccc3-4)c2)c1. The van der Waals surface area contributed by atoms with Gasteiger partial charge in [-0.2, -0.15) is 0 Å². The Kier molecular flexibility index (Phi) is 6.01. The molecule has 0 saturated heterocycles. The number of hydrogen-bond acceptors (Lipinski definition) is 3. The van der Waals surface area contributed by atoms with Gasteiger partial charge in [-0.15, -0.1) is 0 Å². The van der Waals surface area contributed by atoms with Crippen molar-refractivity contribution in [3.8, 4) is 33.6 Å². The van der Waals surface area contributed by atoms with Crippen molar-refractivity contribution in [1.29, 1.82) is 0 Å². The van der Waals surface area contributed by atoms with Gasteiger partial charge in [-0.25, -0.2) is 0 Å². The minimum atomic E-state index is -0.0866. The standard InChI is InChI=1S/C38H31N3/c1-26-19-21-40-37(22-26)28-11-9-13-30(24-28)41(29-12-8-10-27(23-29)36-16-6-7-20-39-36)31-17-18-33-32-14-4-5-15-34(32)38(2,3)35(33)25-31/h4-25H,1-3H3. The van der Waals surface area contributed by atoms with Crippen LogP contribution in [0, 0.1) is 6.92 Å². The highest BCUT2D eigenvalue weighted by atomic mass is 15.1. The Morgan fingerprint density at radius 2 is 1.17 bits per heavy atom. The number of fused-ring (bicyclic) bond motifs is 3. The molecule has 0 aliphatic heterocycles. The van der Waals surface area contributed by atoms with E-state index in [4.69, 9.17) is 0 Å². The summed E-state index contributed by atoms with van der Waals surface area (Å²) >= 11 is 0. The molecule has 198 valence electrons. The number of anilines is 3. The maximum atomic E-state index is 4.67. The number of benzene rings is 4. The molecule has 0 saturated carbocycles. The first-order valence-corrected chi connectivity index (χ1v) is 14.1. The highest BCUT2D eigenvalue weighted by molar-refractivity contribution is 5.87. The van der Waals surface area contributed by atoms with Gasteiger partial charge in [-0.1, -0.05) is 74.5 Å². The summed E-state index contributed by atoms with van der Waals surface area (Å²) in [5, 5.41) is 0. The number of aromatic nitrogens is 2. The van der Waals surface area contributed by atoms with E-state index < -0.39 is 0 Å². The second-order valence-electron chi connectivity index (χ2n) is 11.3. The zero-order valence-electron chi connectivity index (χ0n) is 23.5.